The van der Waals surface area contributed by atoms with Crippen LogP contribution in [0.2, 0.25) is 0 Å². The highest BCUT2D eigenvalue weighted by atomic mass is 19.4. The number of hydrogen-bond donors (Lipinski definition) is 2. The summed E-state index contributed by atoms with van der Waals surface area (Å²) in [4.78, 5) is 30.1. The zero-order valence-corrected chi connectivity index (χ0v) is 18.6. The lowest BCUT2D eigenvalue weighted by Crippen LogP contribution is -2.38. The Balaban J connectivity index is 1.51. The zero-order valence-electron chi connectivity index (χ0n) is 20.6. The molecule has 4 heterocycles. The normalized spacial score (nSPS) is 19.4. The molecule has 1 saturated heterocycles. The molecular formula is C23H24F3N7O. The molecule has 178 valence electrons. The number of nitrogens with zero attached hydrogens (tertiary/aromatic N) is 5. The number of halogens is 3. The molecule has 2 N–H and O–H groups in total. The first-order valence-electron chi connectivity index (χ1n) is 11.6. The van der Waals surface area contributed by atoms with Gasteiger partial charge in [0.05, 0.1) is 20.5 Å². The molecule has 0 aromatic carbocycles. The first-order chi connectivity index (χ1) is 16.9. The second kappa shape index (κ2) is 9.24. The van der Waals surface area contributed by atoms with Crippen molar-refractivity contribution in [2.24, 2.45) is 5.92 Å². The van der Waals surface area contributed by atoms with E-state index in [0.717, 1.165) is 12.3 Å². The number of nitrogens with one attached hydrogen (secondary N) is 2. The number of urea groups is 1. The molecule has 4 rings (SSSR count). The maximum Gasteiger partial charge on any atom is 0.433 e. The summed E-state index contributed by atoms with van der Waals surface area (Å²) in [5, 5.41) is 5.45. The predicted octanol–water partition coefficient (Wildman–Crippen LogP) is 4.68. The lowest BCUT2D eigenvalue weighted by Gasteiger charge is -2.25. The molecule has 0 radical (unpaired) electrons. The molecular weight excluding hydrogens is 447 g/mol. The summed E-state index contributed by atoms with van der Waals surface area (Å²) >= 11 is 0. The van der Waals surface area contributed by atoms with E-state index in [4.69, 9.17) is 2.74 Å². The van der Waals surface area contributed by atoms with Gasteiger partial charge >= 0.3 is 12.2 Å². The number of carbonyl (C=O) groups is 1. The van der Waals surface area contributed by atoms with Gasteiger partial charge in [0, 0.05) is 30.7 Å². The van der Waals surface area contributed by atoms with Crippen LogP contribution in [0.5, 0.6) is 0 Å². The van der Waals surface area contributed by atoms with Crippen molar-refractivity contribution >= 4 is 17.8 Å². The Morgan fingerprint density at radius 2 is 1.88 bits per heavy atom. The summed E-state index contributed by atoms with van der Waals surface area (Å²) in [6, 6.07) is 5.61. The minimum atomic E-state index is -4.54. The number of aromatic nitrogens is 4. The van der Waals surface area contributed by atoms with E-state index in [0.29, 0.717) is 16.8 Å². The second-order valence-corrected chi connectivity index (χ2v) is 8.14. The minimum Gasteiger partial charge on any atom is -0.346 e. The fourth-order valence-corrected chi connectivity index (χ4v) is 3.52. The van der Waals surface area contributed by atoms with Crippen LogP contribution in [0.1, 0.15) is 40.9 Å². The Morgan fingerprint density at radius 3 is 2.56 bits per heavy atom. The predicted molar refractivity (Wildman–Crippen MR) is 121 cm³/mol. The largest absolute Gasteiger partial charge is 0.433 e. The van der Waals surface area contributed by atoms with Crippen LogP contribution < -0.4 is 15.5 Å². The molecule has 3 aromatic rings. The molecule has 0 saturated carbocycles. The standard InChI is InChI=1S/C23H24F3N7O/c1-13(2)18-12-30-22(34)33(18)20-7-9-28-21(32-20)31-14(3)17-5-4-16(11-29-17)15-6-8-27-19(10-15)23(24,25)26/h4-11,13-14,18H,12H2,1-3H3,(H,30,34)(H,28,31,32)/t14-,18+/m0/s1/i12D2. The van der Waals surface area contributed by atoms with Gasteiger partial charge in [-0.05, 0) is 42.7 Å². The third kappa shape index (κ3) is 4.92. The Labute approximate surface area is 197 Å². The van der Waals surface area contributed by atoms with Crippen LogP contribution in [0.3, 0.4) is 0 Å². The van der Waals surface area contributed by atoms with E-state index in [1.54, 1.807) is 12.1 Å². The summed E-state index contributed by atoms with van der Waals surface area (Å²) in [5.41, 5.74) is 0.464. The number of rotatable bonds is 6. The van der Waals surface area contributed by atoms with Crippen LogP contribution in [0.25, 0.3) is 11.1 Å². The quantitative estimate of drug-likeness (QED) is 0.540. The van der Waals surface area contributed by atoms with Crippen molar-refractivity contribution in [2.75, 3.05) is 16.7 Å². The van der Waals surface area contributed by atoms with Gasteiger partial charge in [0.1, 0.15) is 11.5 Å². The summed E-state index contributed by atoms with van der Waals surface area (Å²) in [6.45, 7) is 3.54. The third-order valence-electron chi connectivity index (χ3n) is 5.30. The van der Waals surface area contributed by atoms with Crippen molar-refractivity contribution in [1.29, 1.82) is 0 Å². The van der Waals surface area contributed by atoms with Gasteiger partial charge < -0.3 is 10.6 Å². The van der Waals surface area contributed by atoms with Gasteiger partial charge in [-0.2, -0.15) is 18.2 Å². The SMILES string of the molecule is [2H]C1([2H])NC(=O)N(c2ccnc(N[C@@H](C)c3ccc(-c4ccnc(C(F)(F)F)c4)cn3)n2)[C@H]1C(C)C. The summed E-state index contributed by atoms with van der Waals surface area (Å²) < 4.78 is 55.2. The van der Waals surface area contributed by atoms with E-state index in [2.05, 4.69) is 30.6 Å². The van der Waals surface area contributed by atoms with Crippen LogP contribution in [-0.2, 0) is 6.18 Å². The smallest absolute Gasteiger partial charge is 0.346 e. The van der Waals surface area contributed by atoms with Gasteiger partial charge in [-0.1, -0.05) is 19.9 Å². The van der Waals surface area contributed by atoms with Gasteiger partial charge in [-0.3, -0.25) is 14.9 Å². The molecule has 3 aromatic heterocycles. The third-order valence-corrected chi connectivity index (χ3v) is 5.30. The summed E-state index contributed by atoms with van der Waals surface area (Å²) in [6.07, 6.45) is -0.487. The zero-order chi connectivity index (χ0) is 26.3. The molecule has 8 nitrogen and oxygen atoms in total. The van der Waals surface area contributed by atoms with Crippen molar-refractivity contribution in [3.63, 3.8) is 0 Å². The number of amides is 2. The molecule has 1 aliphatic rings. The van der Waals surface area contributed by atoms with Crippen LogP contribution in [0.15, 0.2) is 48.9 Å². The van der Waals surface area contributed by atoms with Crippen molar-refractivity contribution < 1.29 is 20.7 Å². The lowest BCUT2D eigenvalue weighted by molar-refractivity contribution is -0.141. The van der Waals surface area contributed by atoms with Gasteiger partial charge in [0.15, 0.2) is 0 Å². The Hall–Kier alpha value is -3.76. The number of pyridine rings is 2. The van der Waals surface area contributed by atoms with Crippen LogP contribution in [-0.4, -0.2) is 38.5 Å². The average molecular weight is 473 g/mol. The van der Waals surface area contributed by atoms with E-state index in [9.17, 15) is 18.0 Å². The van der Waals surface area contributed by atoms with E-state index in [1.807, 2.05) is 20.8 Å². The highest BCUT2D eigenvalue weighted by Gasteiger charge is 2.35. The summed E-state index contributed by atoms with van der Waals surface area (Å²) in [5.74, 6) is 0.274. The molecule has 0 bridgehead atoms. The van der Waals surface area contributed by atoms with E-state index in [1.165, 1.54) is 29.4 Å². The highest BCUT2D eigenvalue weighted by molar-refractivity contribution is 5.94. The van der Waals surface area contributed by atoms with E-state index >= 15 is 0 Å². The first-order valence-corrected chi connectivity index (χ1v) is 10.6. The Bertz CT molecular complexity index is 1250. The number of hydrogen-bond acceptors (Lipinski definition) is 6. The molecule has 1 aliphatic heterocycles. The van der Waals surface area contributed by atoms with Crippen LogP contribution in [0.4, 0.5) is 29.7 Å². The molecule has 0 unspecified atom stereocenters. The maximum atomic E-state index is 13.0. The number of anilines is 2. The van der Waals surface area contributed by atoms with Crippen LogP contribution >= 0.6 is 0 Å². The maximum absolute atomic E-state index is 13.0. The molecule has 11 heteroatoms. The van der Waals surface area contributed by atoms with Crippen LogP contribution in [0, 0.1) is 5.92 Å². The number of alkyl halides is 3. The van der Waals surface area contributed by atoms with E-state index < -0.39 is 30.4 Å². The Morgan fingerprint density at radius 1 is 1.12 bits per heavy atom. The Kier molecular flexibility index (Phi) is 5.66. The van der Waals surface area contributed by atoms with Crippen molar-refractivity contribution in [3.05, 3.63) is 60.3 Å². The summed E-state index contributed by atoms with van der Waals surface area (Å²) in [7, 11) is 0. The highest BCUT2D eigenvalue weighted by Crippen LogP contribution is 2.31. The molecule has 2 atom stereocenters. The fourth-order valence-electron chi connectivity index (χ4n) is 3.52. The molecule has 34 heavy (non-hydrogen) atoms. The monoisotopic (exact) mass is 473 g/mol. The molecule has 0 spiro atoms. The first kappa shape index (κ1) is 20.8. The second-order valence-electron chi connectivity index (χ2n) is 8.14. The lowest BCUT2D eigenvalue weighted by atomic mass is 10.0. The van der Waals surface area contributed by atoms with Crippen molar-refractivity contribution in [2.45, 2.75) is 39.0 Å². The number of carbonyl (C=O) groups excluding carboxylic acids is 1. The van der Waals surface area contributed by atoms with Gasteiger partial charge in [0.25, 0.3) is 0 Å². The van der Waals surface area contributed by atoms with Crippen molar-refractivity contribution in [1.82, 2.24) is 25.3 Å². The minimum absolute atomic E-state index is 0.181. The molecule has 1 fully saturated rings. The van der Waals surface area contributed by atoms with E-state index in [-0.39, 0.29) is 23.7 Å². The average Bonchev–Trinajstić information content (AvgIpc) is 3.07. The van der Waals surface area contributed by atoms with Gasteiger partial charge in [0.2, 0.25) is 5.95 Å². The van der Waals surface area contributed by atoms with Gasteiger partial charge in [-0.15, -0.1) is 0 Å². The fraction of sp³-hybridized carbons (Fsp3) is 0.348. The van der Waals surface area contributed by atoms with Gasteiger partial charge in [-0.25, -0.2) is 9.78 Å². The molecule has 2 amide bonds. The topological polar surface area (TPSA) is 95.9 Å². The van der Waals surface area contributed by atoms with Crippen molar-refractivity contribution in [3.8, 4) is 11.1 Å². The molecule has 0 aliphatic carbocycles.